The predicted molar refractivity (Wildman–Crippen MR) is 108 cm³/mol. The van der Waals surface area contributed by atoms with E-state index in [1.807, 2.05) is 12.1 Å². The Bertz CT molecular complexity index is 1010. The van der Waals surface area contributed by atoms with Crippen LogP contribution in [0, 0.1) is 5.41 Å². The van der Waals surface area contributed by atoms with Crippen LogP contribution >= 0.6 is 0 Å². The number of hydrogen-bond donors (Lipinski definition) is 1. The molecule has 29 heavy (non-hydrogen) atoms. The predicted octanol–water partition coefficient (Wildman–Crippen LogP) is 4.27. The Kier molecular flexibility index (Phi) is 4.52. The molecule has 1 amide bonds. The van der Waals surface area contributed by atoms with Gasteiger partial charge in [0.05, 0.1) is 12.6 Å². The zero-order chi connectivity index (χ0) is 21.0. The van der Waals surface area contributed by atoms with Gasteiger partial charge in [0.2, 0.25) is 5.75 Å². The van der Waals surface area contributed by atoms with Gasteiger partial charge in [-0.2, -0.15) is 0 Å². The van der Waals surface area contributed by atoms with Crippen molar-refractivity contribution in [1.29, 1.82) is 0 Å². The number of nitrogens with zero attached hydrogens (tertiary/aromatic N) is 1. The van der Waals surface area contributed by atoms with Crippen LogP contribution in [0.1, 0.15) is 46.5 Å². The van der Waals surface area contributed by atoms with Gasteiger partial charge in [-0.1, -0.05) is 20.8 Å². The summed E-state index contributed by atoms with van der Waals surface area (Å²) in [4.78, 5) is 25.6. The topological polar surface area (TPSA) is 89.2 Å². The summed E-state index contributed by atoms with van der Waals surface area (Å²) in [7, 11) is 1.43. The highest BCUT2D eigenvalue weighted by Crippen LogP contribution is 2.53. The second kappa shape index (κ2) is 6.68. The first-order valence-electron chi connectivity index (χ1n) is 9.95. The van der Waals surface area contributed by atoms with Crippen molar-refractivity contribution >= 4 is 17.1 Å². The largest absolute Gasteiger partial charge is 0.490 e. The molecule has 2 bridgehead atoms. The summed E-state index contributed by atoms with van der Waals surface area (Å²) in [5.74, 6) is 0.777. The van der Waals surface area contributed by atoms with Crippen molar-refractivity contribution < 1.29 is 23.8 Å². The Morgan fingerprint density at radius 1 is 1.31 bits per heavy atom. The number of piperidine rings is 1. The minimum Gasteiger partial charge on any atom is -0.490 e. The Labute approximate surface area is 169 Å². The number of amides is 1. The molecule has 1 N–H and O–H groups in total. The molecule has 2 aliphatic rings. The van der Waals surface area contributed by atoms with Gasteiger partial charge in [-0.15, -0.1) is 0 Å². The lowest BCUT2D eigenvalue weighted by Crippen LogP contribution is -2.62. The fourth-order valence-electron chi connectivity index (χ4n) is 5.14. The number of carbonyl (C=O) groups is 1. The Balaban J connectivity index is 1.62. The Hall–Kier alpha value is -2.70. The van der Waals surface area contributed by atoms with Gasteiger partial charge in [0.25, 0.3) is 0 Å². The molecule has 4 rings (SSSR count). The monoisotopic (exact) mass is 401 g/mol. The summed E-state index contributed by atoms with van der Waals surface area (Å²) in [5.41, 5.74) is -0.737. The van der Waals surface area contributed by atoms with Crippen molar-refractivity contribution in [2.24, 2.45) is 5.41 Å². The molecule has 7 nitrogen and oxygen atoms in total. The summed E-state index contributed by atoms with van der Waals surface area (Å²) in [6, 6.07) is 7.00. The molecule has 3 heterocycles. The first-order valence-corrected chi connectivity index (χ1v) is 9.95. The van der Waals surface area contributed by atoms with Crippen molar-refractivity contribution in [2.45, 2.75) is 64.1 Å². The van der Waals surface area contributed by atoms with Gasteiger partial charge in [0.1, 0.15) is 17.4 Å². The van der Waals surface area contributed by atoms with E-state index in [-0.39, 0.29) is 23.3 Å². The number of rotatable bonds is 3. The average Bonchev–Trinajstić information content (AvgIpc) is 2.90. The standard InChI is InChI=1S/C22H27NO6/c1-21(2,3)22-8-7-14(23(22)20(25)26)10-16(12-22)28-15-6-5-13-9-18(27-4)19(24)29-17(13)11-15/h5-6,9,11,14,16H,7-8,10,12H2,1-4H3,(H,25,26)/t14-,16-,22+/m0/s1. The van der Waals surface area contributed by atoms with Gasteiger partial charge in [-0.05, 0) is 36.5 Å². The molecule has 0 saturated carbocycles. The molecule has 2 aliphatic heterocycles. The van der Waals surface area contributed by atoms with Crippen molar-refractivity contribution in [3.63, 3.8) is 0 Å². The van der Waals surface area contributed by atoms with Crippen molar-refractivity contribution in [1.82, 2.24) is 4.90 Å². The van der Waals surface area contributed by atoms with Gasteiger partial charge in [-0.25, -0.2) is 9.59 Å². The molecule has 2 saturated heterocycles. The highest BCUT2D eigenvalue weighted by molar-refractivity contribution is 5.79. The van der Waals surface area contributed by atoms with E-state index >= 15 is 0 Å². The lowest BCUT2D eigenvalue weighted by molar-refractivity contribution is -0.0520. The molecule has 0 spiro atoms. The molecular weight excluding hydrogens is 374 g/mol. The fourth-order valence-corrected chi connectivity index (χ4v) is 5.14. The summed E-state index contributed by atoms with van der Waals surface area (Å²) in [6.45, 7) is 6.31. The van der Waals surface area contributed by atoms with Crippen LogP contribution in [0.3, 0.4) is 0 Å². The van der Waals surface area contributed by atoms with Gasteiger partial charge >= 0.3 is 11.7 Å². The summed E-state index contributed by atoms with van der Waals surface area (Å²) in [6.07, 6.45) is 2.07. The zero-order valence-electron chi connectivity index (χ0n) is 17.2. The van der Waals surface area contributed by atoms with Crippen LogP contribution in [-0.4, -0.2) is 40.9 Å². The van der Waals surface area contributed by atoms with E-state index < -0.39 is 17.3 Å². The number of carboxylic acid groups (broad SMARTS) is 1. The van der Waals surface area contributed by atoms with E-state index in [9.17, 15) is 14.7 Å². The number of fused-ring (bicyclic) bond motifs is 3. The summed E-state index contributed by atoms with van der Waals surface area (Å²) >= 11 is 0. The lowest BCUT2D eigenvalue weighted by Gasteiger charge is -2.53. The van der Waals surface area contributed by atoms with Crippen LogP contribution in [0.15, 0.2) is 33.5 Å². The third kappa shape index (κ3) is 3.12. The number of ether oxygens (including phenoxy) is 2. The van der Waals surface area contributed by atoms with E-state index in [0.29, 0.717) is 24.2 Å². The zero-order valence-corrected chi connectivity index (χ0v) is 17.2. The van der Waals surface area contributed by atoms with E-state index in [2.05, 4.69) is 20.8 Å². The molecule has 1 aromatic heterocycles. The first kappa shape index (κ1) is 19.6. The van der Waals surface area contributed by atoms with Crippen LogP contribution in [0.2, 0.25) is 0 Å². The SMILES string of the molecule is COc1cc2ccc(O[C@H]3C[C@@H]4CC[C@](C(C)(C)C)(C3)N4C(=O)O)cc2oc1=O. The smallest absolute Gasteiger partial charge is 0.408 e. The Morgan fingerprint density at radius 3 is 2.72 bits per heavy atom. The van der Waals surface area contributed by atoms with Crippen LogP contribution in [0.25, 0.3) is 11.0 Å². The molecule has 2 fully saturated rings. The number of methoxy groups -OCH3 is 1. The maximum atomic E-state index is 12.0. The van der Waals surface area contributed by atoms with Crippen molar-refractivity contribution in [3.8, 4) is 11.5 Å². The van der Waals surface area contributed by atoms with Gasteiger partial charge in [0, 0.05) is 30.3 Å². The van der Waals surface area contributed by atoms with Crippen LogP contribution in [-0.2, 0) is 0 Å². The van der Waals surface area contributed by atoms with Crippen LogP contribution in [0.5, 0.6) is 11.5 Å². The third-order valence-corrected chi connectivity index (χ3v) is 6.62. The molecule has 2 aromatic rings. The highest BCUT2D eigenvalue weighted by atomic mass is 16.5. The van der Waals surface area contributed by atoms with Gasteiger partial charge in [0.15, 0.2) is 0 Å². The third-order valence-electron chi connectivity index (χ3n) is 6.62. The van der Waals surface area contributed by atoms with Crippen LogP contribution in [0.4, 0.5) is 4.79 Å². The molecular formula is C22H27NO6. The first-order chi connectivity index (χ1) is 13.6. The van der Waals surface area contributed by atoms with Crippen LogP contribution < -0.4 is 15.1 Å². The summed E-state index contributed by atoms with van der Waals surface area (Å²) < 4.78 is 16.6. The number of benzene rings is 1. The highest BCUT2D eigenvalue weighted by Gasteiger charge is 2.59. The van der Waals surface area contributed by atoms with Crippen molar-refractivity contribution in [2.75, 3.05) is 7.11 Å². The lowest BCUT2D eigenvalue weighted by atomic mass is 9.68. The maximum Gasteiger partial charge on any atom is 0.408 e. The van der Waals surface area contributed by atoms with Gasteiger partial charge in [-0.3, -0.25) is 4.90 Å². The molecule has 0 aliphatic carbocycles. The normalized spacial score (nSPS) is 26.6. The quantitative estimate of drug-likeness (QED) is 0.773. The maximum absolute atomic E-state index is 12.0. The van der Waals surface area contributed by atoms with Crippen molar-refractivity contribution in [3.05, 3.63) is 34.7 Å². The minimum absolute atomic E-state index is 0.0341. The molecule has 1 aromatic carbocycles. The molecule has 0 unspecified atom stereocenters. The second-order valence-corrected chi connectivity index (χ2v) is 9.11. The number of hydrogen-bond acceptors (Lipinski definition) is 5. The summed E-state index contributed by atoms with van der Waals surface area (Å²) in [5, 5.41) is 10.6. The molecule has 7 heteroatoms. The van der Waals surface area contributed by atoms with Gasteiger partial charge < -0.3 is 19.0 Å². The second-order valence-electron chi connectivity index (χ2n) is 9.11. The average molecular weight is 401 g/mol. The molecule has 3 atom stereocenters. The van der Waals surface area contributed by atoms with E-state index in [4.69, 9.17) is 13.9 Å². The fraction of sp³-hybridized carbons (Fsp3) is 0.545. The van der Waals surface area contributed by atoms with E-state index in [0.717, 1.165) is 18.2 Å². The molecule has 0 radical (unpaired) electrons. The molecule has 156 valence electrons. The Morgan fingerprint density at radius 2 is 2.07 bits per heavy atom. The minimum atomic E-state index is -0.845. The van der Waals surface area contributed by atoms with E-state index in [1.165, 1.54) is 7.11 Å². The van der Waals surface area contributed by atoms with E-state index in [1.54, 1.807) is 17.0 Å².